The predicted molar refractivity (Wildman–Crippen MR) is 89.1 cm³/mol. The fourth-order valence-electron chi connectivity index (χ4n) is 2.25. The van der Waals surface area contributed by atoms with E-state index in [9.17, 15) is 9.59 Å². The van der Waals surface area contributed by atoms with Gasteiger partial charge in [-0.2, -0.15) is 5.10 Å². The minimum atomic E-state index is -0.249. The van der Waals surface area contributed by atoms with E-state index < -0.39 is 0 Å². The van der Waals surface area contributed by atoms with Crippen molar-refractivity contribution in [2.45, 2.75) is 6.42 Å². The van der Waals surface area contributed by atoms with Gasteiger partial charge in [0, 0.05) is 17.3 Å². The summed E-state index contributed by atoms with van der Waals surface area (Å²) in [5.41, 5.74) is 2.86. The number of amides is 1. The monoisotopic (exact) mass is 305 g/mol. The summed E-state index contributed by atoms with van der Waals surface area (Å²) >= 11 is 0. The number of anilines is 1. The van der Waals surface area contributed by atoms with Crippen LogP contribution in [0.25, 0.3) is 11.3 Å². The van der Waals surface area contributed by atoms with Gasteiger partial charge >= 0.3 is 0 Å². The Hall–Kier alpha value is -3.21. The fraction of sp³-hybridized carbons (Fsp3) is 0.0556. The highest BCUT2D eigenvalue weighted by Crippen LogP contribution is 2.19. The lowest BCUT2D eigenvalue weighted by molar-refractivity contribution is -0.115. The molecule has 0 radical (unpaired) electrons. The molecule has 0 saturated heterocycles. The molecule has 1 aromatic heterocycles. The molecule has 0 aliphatic rings. The van der Waals surface area contributed by atoms with Crippen LogP contribution in [-0.4, -0.2) is 16.1 Å². The van der Waals surface area contributed by atoms with Crippen molar-refractivity contribution in [1.29, 1.82) is 0 Å². The summed E-state index contributed by atoms with van der Waals surface area (Å²) in [5, 5.41) is 9.26. The number of nitrogens with zero attached hydrogens (tertiary/aromatic N) is 1. The van der Waals surface area contributed by atoms with Crippen LogP contribution in [-0.2, 0) is 11.2 Å². The Morgan fingerprint density at radius 1 is 1.00 bits per heavy atom. The second-order valence-corrected chi connectivity index (χ2v) is 5.10. The molecule has 2 N–H and O–H groups in total. The van der Waals surface area contributed by atoms with Gasteiger partial charge in [-0.05, 0) is 23.8 Å². The maximum Gasteiger partial charge on any atom is 0.264 e. The van der Waals surface area contributed by atoms with Crippen molar-refractivity contribution >= 4 is 11.6 Å². The number of H-pyrrole nitrogens is 1. The number of hydrogen-bond acceptors (Lipinski definition) is 3. The molecule has 0 atom stereocenters. The molecule has 0 spiro atoms. The topological polar surface area (TPSA) is 74.8 Å². The van der Waals surface area contributed by atoms with Crippen LogP contribution in [0, 0.1) is 0 Å². The van der Waals surface area contributed by atoms with Crippen LogP contribution < -0.4 is 10.9 Å². The highest BCUT2D eigenvalue weighted by Gasteiger charge is 2.06. The number of hydrogen-bond donors (Lipinski definition) is 2. The maximum absolute atomic E-state index is 12.1. The van der Waals surface area contributed by atoms with Crippen molar-refractivity contribution in [3.63, 3.8) is 0 Å². The van der Waals surface area contributed by atoms with Gasteiger partial charge in [-0.25, -0.2) is 5.10 Å². The van der Waals surface area contributed by atoms with Gasteiger partial charge in [-0.1, -0.05) is 42.5 Å². The molecule has 23 heavy (non-hydrogen) atoms. The Kier molecular flexibility index (Phi) is 4.29. The van der Waals surface area contributed by atoms with E-state index in [4.69, 9.17) is 0 Å². The van der Waals surface area contributed by atoms with Crippen LogP contribution in [0.2, 0.25) is 0 Å². The minimum absolute atomic E-state index is 0.0808. The van der Waals surface area contributed by atoms with Gasteiger partial charge in [0.05, 0.1) is 12.1 Å². The third-order valence-corrected chi connectivity index (χ3v) is 3.33. The standard InChI is InChI=1S/C18H15N3O2/c22-17-10-9-16(20-21-17)14-7-4-8-15(12-14)19-18(23)11-13-5-2-1-3-6-13/h1-10,12H,11H2,(H,19,23)(H,21,22). The Labute approximate surface area is 133 Å². The van der Waals surface area contributed by atoms with E-state index in [0.717, 1.165) is 11.1 Å². The zero-order chi connectivity index (χ0) is 16.1. The Bertz CT molecular complexity index is 852. The smallest absolute Gasteiger partial charge is 0.264 e. The molecule has 114 valence electrons. The highest BCUT2D eigenvalue weighted by molar-refractivity contribution is 5.92. The fourth-order valence-corrected chi connectivity index (χ4v) is 2.25. The molecule has 3 aromatic rings. The molecule has 0 aliphatic carbocycles. The van der Waals surface area contributed by atoms with E-state index in [1.165, 1.54) is 6.07 Å². The molecule has 0 unspecified atom stereocenters. The molecular formula is C18H15N3O2. The van der Waals surface area contributed by atoms with Gasteiger partial charge in [-0.3, -0.25) is 9.59 Å². The minimum Gasteiger partial charge on any atom is -0.326 e. The van der Waals surface area contributed by atoms with Gasteiger partial charge in [0.15, 0.2) is 0 Å². The van der Waals surface area contributed by atoms with E-state index in [0.29, 0.717) is 17.8 Å². The Morgan fingerprint density at radius 2 is 1.83 bits per heavy atom. The van der Waals surface area contributed by atoms with Gasteiger partial charge in [0.25, 0.3) is 5.56 Å². The van der Waals surface area contributed by atoms with E-state index >= 15 is 0 Å². The number of aromatic amines is 1. The number of rotatable bonds is 4. The summed E-state index contributed by atoms with van der Waals surface area (Å²) in [7, 11) is 0. The zero-order valence-electron chi connectivity index (χ0n) is 12.3. The summed E-state index contributed by atoms with van der Waals surface area (Å²) in [6.45, 7) is 0. The van der Waals surface area contributed by atoms with Crippen LogP contribution in [0.3, 0.4) is 0 Å². The van der Waals surface area contributed by atoms with Crippen molar-refractivity contribution in [1.82, 2.24) is 10.2 Å². The van der Waals surface area contributed by atoms with E-state index in [1.54, 1.807) is 6.07 Å². The average molecular weight is 305 g/mol. The van der Waals surface area contributed by atoms with Crippen LogP contribution in [0.1, 0.15) is 5.56 Å². The number of aromatic nitrogens is 2. The average Bonchev–Trinajstić information content (AvgIpc) is 2.56. The molecule has 0 fully saturated rings. The lowest BCUT2D eigenvalue weighted by atomic mass is 10.1. The quantitative estimate of drug-likeness (QED) is 0.778. The third kappa shape index (κ3) is 3.91. The van der Waals surface area contributed by atoms with Crippen LogP contribution in [0.15, 0.2) is 71.5 Å². The van der Waals surface area contributed by atoms with Gasteiger partial charge in [0.1, 0.15) is 0 Å². The lowest BCUT2D eigenvalue weighted by Crippen LogP contribution is -2.14. The molecule has 1 amide bonds. The molecule has 0 bridgehead atoms. The first-order valence-electron chi connectivity index (χ1n) is 7.21. The summed E-state index contributed by atoms with van der Waals surface area (Å²) in [5.74, 6) is -0.0808. The van der Waals surface area contributed by atoms with Gasteiger partial charge < -0.3 is 5.32 Å². The predicted octanol–water partition coefficient (Wildman–Crippen LogP) is 2.62. The van der Waals surface area contributed by atoms with Crippen molar-refractivity contribution in [3.05, 3.63) is 82.6 Å². The summed E-state index contributed by atoms with van der Waals surface area (Å²) < 4.78 is 0. The second-order valence-electron chi connectivity index (χ2n) is 5.10. The molecule has 0 saturated carbocycles. The number of carbonyl (C=O) groups excluding carboxylic acids is 1. The molecule has 2 aromatic carbocycles. The molecule has 0 aliphatic heterocycles. The second kappa shape index (κ2) is 6.70. The maximum atomic E-state index is 12.1. The summed E-state index contributed by atoms with van der Waals surface area (Å²) in [4.78, 5) is 23.2. The van der Waals surface area contributed by atoms with Crippen LogP contribution in [0.5, 0.6) is 0 Å². The SMILES string of the molecule is O=C(Cc1ccccc1)Nc1cccc(-c2ccc(=O)[nH]n2)c1. The molecule has 1 heterocycles. The first-order valence-corrected chi connectivity index (χ1v) is 7.21. The van der Waals surface area contributed by atoms with E-state index in [2.05, 4.69) is 15.5 Å². The molecule has 5 nitrogen and oxygen atoms in total. The van der Waals surface area contributed by atoms with Crippen molar-refractivity contribution < 1.29 is 4.79 Å². The summed E-state index contributed by atoms with van der Waals surface area (Å²) in [6.07, 6.45) is 0.321. The van der Waals surface area contributed by atoms with Gasteiger partial charge in [-0.15, -0.1) is 0 Å². The number of benzene rings is 2. The number of carbonyl (C=O) groups is 1. The van der Waals surface area contributed by atoms with E-state index in [-0.39, 0.29) is 11.5 Å². The van der Waals surface area contributed by atoms with Crippen molar-refractivity contribution in [2.75, 3.05) is 5.32 Å². The van der Waals surface area contributed by atoms with Crippen LogP contribution >= 0.6 is 0 Å². The normalized spacial score (nSPS) is 10.3. The third-order valence-electron chi connectivity index (χ3n) is 3.33. The summed E-state index contributed by atoms with van der Waals surface area (Å²) in [6, 6.07) is 20.0. The van der Waals surface area contributed by atoms with Crippen LogP contribution in [0.4, 0.5) is 5.69 Å². The largest absolute Gasteiger partial charge is 0.326 e. The molecular weight excluding hydrogens is 290 g/mol. The van der Waals surface area contributed by atoms with Crippen molar-refractivity contribution in [3.8, 4) is 11.3 Å². The van der Waals surface area contributed by atoms with Gasteiger partial charge in [0.2, 0.25) is 5.91 Å². The first kappa shape index (κ1) is 14.7. The lowest BCUT2D eigenvalue weighted by Gasteiger charge is -2.07. The Balaban J connectivity index is 1.73. The zero-order valence-corrected chi connectivity index (χ0v) is 12.3. The molecule has 3 rings (SSSR count). The Morgan fingerprint density at radius 3 is 2.57 bits per heavy atom. The highest BCUT2D eigenvalue weighted by atomic mass is 16.1. The number of nitrogens with one attached hydrogen (secondary N) is 2. The van der Waals surface area contributed by atoms with Crippen molar-refractivity contribution in [2.24, 2.45) is 0 Å². The first-order chi connectivity index (χ1) is 11.2. The molecule has 5 heteroatoms. The van der Waals surface area contributed by atoms with E-state index in [1.807, 2.05) is 54.6 Å².